The second-order valence-electron chi connectivity index (χ2n) is 8.22. The molecule has 0 spiro atoms. The summed E-state index contributed by atoms with van der Waals surface area (Å²) in [6, 6.07) is 7.82. The number of hydrogen-bond acceptors (Lipinski definition) is 4. The van der Waals surface area contributed by atoms with Gasteiger partial charge >= 0.3 is 0 Å². The van der Waals surface area contributed by atoms with Crippen LogP contribution in [0.25, 0.3) is 33.2 Å². The Labute approximate surface area is 170 Å². The molecule has 4 aromatic rings. The molecule has 0 aliphatic carbocycles. The normalized spacial score (nSPS) is 12.0. The summed E-state index contributed by atoms with van der Waals surface area (Å²) in [5, 5.41) is 0.597. The number of nitrogens with zero attached hydrogens (tertiary/aromatic N) is 5. The molecule has 0 saturated carbocycles. The quantitative estimate of drug-likeness (QED) is 0.400. The van der Waals surface area contributed by atoms with Crippen molar-refractivity contribution >= 4 is 33.2 Å². The fourth-order valence-electron chi connectivity index (χ4n) is 3.81. The fourth-order valence-corrected chi connectivity index (χ4v) is 3.81. The number of rotatable bonds is 8. The molecule has 0 bridgehead atoms. The average Bonchev–Trinajstić information content (AvgIpc) is 3.02. The molecule has 3 heterocycles. The van der Waals surface area contributed by atoms with Gasteiger partial charge < -0.3 is 4.57 Å². The van der Waals surface area contributed by atoms with Crippen molar-refractivity contribution in [2.75, 3.05) is 0 Å². The largest absolute Gasteiger partial charge is 0.308 e. The first-order chi connectivity index (χ1) is 14.1. The maximum absolute atomic E-state index is 13.3. The Morgan fingerprint density at radius 2 is 1.72 bits per heavy atom. The monoisotopic (exact) mass is 391 g/mol. The lowest BCUT2D eigenvalue weighted by Gasteiger charge is -2.09. The number of aromatic nitrogens is 5. The lowest BCUT2D eigenvalue weighted by molar-refractivity contribution is 0.527. The van der Waals surface area contributed by atoms with Crippen molar-refractivity contribution in [3.8, 4) is 0 Å². The third-order valence-electron chi connectivity index (χ3n) is 5.50. The SMILES string of the molecule is CCCCCCn1cnc2c(c1=O)c1nc3ccccc3nc1n2CCC(C)C. The van der Waals surface area contributed by atoms with E-state index in [9.17, 15) is 4.79 Å². The van der Waals surface area contributed by atoms with Crippen LogP contribution in [0.2, 0.25) is 0 Å². The van der Waals surface area contributed by atoms with Crippen LogP contribution in [0, 0.1) is 5.92 Å². The fraction of sp³-hybridized carbons (Fsp3) is 0.478. The Kier molecular flexibility index (Phi) is 5.60. The van der Waals surface area contributed by atoms with E-state index in [4.69, 9.17) is 15.0 Å². The van der Waals surface area contributed by atoms with Crippen LogP contribution in [-0.4, -0.2) is 24.1 Å². The van der Waals surface area contributed by atoms with E-state index in [0.29, 0.717) is 29.0 Å². The molecule has 0 unspecified atom stereocenters. The van der Waals surface area contributed by atoms with Gasteiger partial charge in [0.15, 0.2) is 11.3 Å². The van der Waals surface area contributed by atoms with E-state index in [1.165, 1.54) is 12.8 Å². The first-order valence-electron chi connectivity index (χ1n) is 10.7. The van der Waals surface area contributed by atoms with Crippen molar-refractivity contribution < 1.29 is 0 Å². The van der Waals surface area contributed by atoms with Gasteiger partial charge in [-0.2, -0.15) is 0 Å². The maximum atomic E-state index is 13.3. The molecule has 6 heteroatoms. The van der Waals surface area contributed by atoms with Gasteiger partial charge in [-0.25, -0.2) is 15.0 Å². The van der Waals surface area contributed by atoms with E-state index in [0.717, 1.165) is 42.5 Å². The van der Waals surface area contributed by atoms with Crippen LogP contribution >= 0.6 is 0 Å². The van der Waals surface area contributed by atoms with E-state index in [1.807, 2.05) is 24.3 Å². The molecular formula is C23H29N5O. The van der Waals surface area contributed by atoms with E-state index in [1.54, 1.807) is 10.9 Å². The van der Waals surface area contributed by atoms with Crippen molar-refractivity contribution in [3.63, 3.8) is 0 Å². The summed E-state index contributed by atoms with van der Waals surface area (Å²) >= 11 is 0. The molecule has 29 heavy (non-hydrogen) atoms. The summed E-state index contributed by atoms with van der Waals surface area (Å²) in [6.07, 6.45) is 7.17. The summed E-state index contributed by atoms with van der Waals surface area (Å²) in [5.74, 6) is 0.551. The molecule has 0 aliphatic rings. The molecule has 0 N–H and O–H groups in total. The lowest BCUT2D eigenvalue weighted by Crippen LogP contribution is -2.21. The zero-order valence-corrected chi connectivity index (χ0v) is 17.6. The first-order valence-corrected chi connectivity index (χ1v) is 10.7. The van der Waals surface area contributed by atoms with Gasteiger partial charge in [0.1, 0.15) is 10.9 Å². The molecule has 152 valence electrons. The van der Waals surface area contributed by atoms with Gasteiger partial charge in [-0.1, -0.05) is 52.2 Å². The summed E-state index contributed by atoms with van der Waals surface area (Å²) in [6.45, 7) is 8.06. The molecule has 0 saturated heterocycles. The Balaban J connectivity index is 1.90. The molecule has 1 aromatic carbocycles. The number of fused-ring (bicyclic) bond motifs is 4. The van der Waals surface area contributed by atoms with Crippen LogP contribution in [0.3, 0.4) is 0 Å². The smallest absolute Gasteiger partial charge is 0.265 e. The summed E-state index contributed by atoms with van der Waals surface area (Å²) in [4.78, 5) is 27.7. The number of unbranched alkanes of at least 4 members (excludes halogenated alkanes) is 3. The predicted molar refractivity (Wildman–Crippen MR) is 118 cm³/mol. The Bertz CT molecular complexity index is 1200. The number of hydrogen-bond donors (Lipinski definition) is 0. The topological polar surface area (TPSA) is 65.6 Å². The zero-order chi connectivity index (χ0) is 20.4. The van der Waals surface area contributed by atoms with Crippen LogP contribution in [-0.2, 0) is 13.1 Å². The van der Waals surface area contributed by atoms with E-state index in [-0.39, 0.29) is 5.56 Å². The molecule has 4 rings (SSSR count). The van der Waals surface area contributed by atoms with E-state index in [2.05, 4.69) is 25.3 Å². The van der Waals surface area contributed by atoms with E-state index >= 15 is 0 Å². The third kappa shape index (κ3) is 3.76. The van der Waals surface area contributed by atoms with Crippen LogP contribution in [0.15, 0.2) is 35.4 Å². The van der Waals surface area contributed by atoms with Crippen LogP contribution in [0.1, 0.15) is 52.9 Å². The summed E-state index contributed by atoms with van der Waals surface area (Å²) in [7, 11) is 0. The van der Waals surface area contributed by atoms with Crippen LogP contribution in [0.4, 0.5) is 0 Å². The van der Waals surface area contributed by atoms with Gasteiger partial charge in [-0.15, -0.1) is 0 Å². The predicted octanol–water partition coefficient (Wildman–Crippen LogP) is 4.92. The molecule has 0 fully saturated rings. The molecule has 6 nitrogen and oxygen atoms in total. The highest BCUT2D eigenvalue weighted by Gasteiger charge is 2.19. The third-order valence-corrected chi connectivity index (χ3v) is 5.50. The molecule has 0 radical (unpaired) electrons. The second kappa shape index (κ2) is 8.31. The minimum absolute atomic E-state index is 0.00984. The van der Waals surface area contributed by atoms with Crippen molar-refractivity contribution in [1.29, 1.82) is 0 Å². The highest BCUT2D eigenvalue weighted by atomic mass is 16.1. The Morgan fingerprint density at radius 1 is 0.966 bits per heavy atom. The molecule has 3 aromatic heterocycles. The van der Waals surface area contributed by atoms with Gasteiger partial charge in [-0.3, -0.25) is 9.36 Å². The van der Waals surface area contributed by atoms with Gasteiger partial charge in [-0.05, 0) is 30.9 Å². The standard InChI is InChI=1S/C23H29N5O/c1-4-5-6-9-13-27-15-24-21-19(23(27)29)20-22(28(21)14-12-16(2)3)26-18-11-8-7-10-17(18)25-20/h7-8,10-11,15-16H,4-6,9,12-14H2,1-3H3. The van der Waals surface area contributed by atoms with Crippen LogP contribution < -0.4 is 5.56 Å². The molecular weight excluding hydrogens is 362 g/mol. The zero-order valence-electron chi connectivity index (χ0n) is 17.6. The Morgan fingerprint density at radius 3 is 2.45 bits per heavy atom. The first kappa shape index (κ1) is 19.6. The highest BCUT2D eigenvalue weighted by molar-refractivity contribution is 6.04. The van der Waals surface area contributed by atoms with Crippen molar-refractivity contribution in [2.24, 2.45) is 5.92 Å². The minimum Gasteiger partial charge on any atom is -0.308 e. The second-order valence-corrected chi connectivity index (χ2v) is 8.22. The maximum Gasteiger partial charge on any atom is 0.265 e. The van der Waals surface area contributed by atoms with Crippen molar-refractivity contribution in [3.05, 3.63) is 40.9 Å². The van der Waals surface area contributed by atoms with E-state index < -0.39 is 0 Å². The average molecular weight is 392 g/mol. The Hall–Kier alpha value is -2.76. The lowest BCUT2D eigenvalue weighted by atomic mass is 10.1. The minimum atomic E-state index is -0.00984. The van der Waals surface area contributed by atoms with Gasteiger partial charge in [0, 0.05) is 13.1 Å². The number of aryl methyl sites for hydroxylation is 2. The van der Waals surface area contributed by atoms with Gasteiger partial charge in [0.05, 0.1) is 17.4 Å². The molecule has 0 amide bonds. The van der Waals surface area contributed by atoms with Gasteiger partial charge in [0.2, 0.25) is 0 Å². The van der Waals surface area contributed by atoms with Crippen molar-refractivity contribution in [2.45, 2.75) is 66.0 Å². The number of para-hydroxylation sites is 2. The van der Waals surface area contributed by atoms with Crippen LogP contribution in [0.5, 0.6) is 0 Å². The molecule has 0 atom stereocenters. The summed E-state index contributed by atoms with van der Waals surface area (Å²) in [5.41, 5.74) is 3.76. The van der Waals surface area contributed by atoms with Crippen molar-refractivity contribution in [1.82, 2.24) is 24.1 Å². The van der Waals surface area contributed by atoms with Gasteiger partial charge in [0.25, 0.3) is 5.56 Å². The highest BCUT2D eigenvalue weighted by Crippen LogP contribution is 2.25. The number of benzene rings is 1. The molecule has 0 aliphatic heterocycles. The summed E-state index contributed by atoms with van der Waals surface area (Å²) < 4.78 is 3.81.